The molecule has 1 amide bonds. The summed E-state index contributed by atoms with van der Waals surface area (Å²) in [4.78, 5) is 26.8. The molecule has 6 rings (SSSR count). The molecule has 42 heavy (non-hydrogen) atoms. The van der Waals surface area contributed by atoms with Crippen LogP contribution in [0.5, 0.6) is 11.6 Å². The van der Waals surface area contributed by atoms with Crippen LogP contribution in [0, 0.1) is 0 Å². The van der Waals surface area contributed by atoms with Gasteiger partial charge in [0.25, 0.3) is 5.91 Å². The maximum Gasteiger partial charge on any atom is 0.254 e. The second kappa shape index (κ2) is 11.6. The summed E-state index contributed by atoms with van der Waals surface area (Å²) in [6, 6.07) is 16.3. The summed E-state index contributed by atoms with van der Waals surface area (Å²) in [5.41, 5.74) is 1.93. The Kier molecular flexibility index (Phi) is 7.74. The summed E-state index contributed by atoms with van der Waals surface area (Å²) in [7, 11) is -2.26. The van der Waals surface area contributed by atoms with Crippen LogP contribution < -0.4 is 14.8 Å². The first-order valence-electron chi connectivity index (χ1n) is 14.1. The first kappa shape index (κ1) is 28.0. The first-order valence-corrected chi connectivity index (χ1v) is 15.7. The predicted molar refractivity (Wildman–Crippen MR) is 160 cm³/mol. The minimum Gasteiger partial charge on any atom is -0.495 e. The highest BCUT2D eigenvalue weighted by molar-refractivity contribution is 7.89. The van der Waals surface area contributed by atoms with E-state index < -0.39 is 10.0 Å². The van der Waals surface area contributed by atoms with Crippen molar-refractivity contribution in [2.24, 2.45) is 0 Å². The number of hydrogen-bond donors (Lipinski definition) is 1. The molecule has 1 N–H and O–H groups in total. The quantitative estimate of drug-likeness (QED) is 0.310. The third-order valence-corrected chi connectivity index (χ3v) is 9.41. The van der Waals surface area contributed by atoms with E-state index in [9.17, 15) is 13.2 Å². The number of carbonyl (C=O) groups excluding carboxylic acids is 1. The van der Waals surface area contributed by atoms with Crippen molar-refractivity contribution in [3.8, 4) is 11.6 Å². The molecule has 0 bridgehead atoms. The van der Waals surface area contributed by atoms with E-state index >= 15 is 0 Å². The van der Waals surface area contributed by atoms with E-state index in [-0.39, 0.29) is 29.1 Å². The normalized spacial score (nSPS) is 17.3. The molecule has 4 aromatic rings. The molecule has 4 heterocycles. The fourth-order valence-electron chi connectivity index (χ4n) is 5.75. The average molecular weight is 591 g/mol. The van der Waals surface area contributed by atoms with Gasteiger partial charge >= 0.3 is 0 Å². The Morgan fingerprint density at radius 3 is 2.69 bits per heavy atom. The number of methoxy groups -OCH3 is 1. The molecular formula is C30H34N6O5S. The van der Waals surface area contributed by atoms with Crippen LogP contribution >= 0.6 is 0 Å². The molecule has 12 heteroatoms. The van der Waals surface area contributed by atoms with E-state index in [0.717, 1.165) is 30.0 Å². The molecule has 2 aromatic heterocycles. The lowest BCUT2D eigenvalue weighted by molar-refractivity contribution is 0.0571. The third-order valence-electron chi connectivity index (χ3n) is 7.82. The largest absolute Gasteiger partial charge is 0.495 e. The average Bonchev–Trinajstić information content (AvgIpc) is 3.65. The van der Waals surface area contributed by atoms with Crippen molar-refractivity contribution in [1.82, 2.24) is 23.7 Å². The topological polar surface area (TPSA) is 119 Å². The Bertz CT molecular complexity index is 1710. The summed E-state index contributed by atoms with van der Waals surface area (Å²) in [6.07, 6.45) is 3.78. The van der Waals surface area contributed by atoms with Gasteiger partial charge in [-0.15, -0.1) is 0 Å². The molecule has 0 radical (unpaired) electrons. The molecular weight excluding hydrogens is 556 g/mol. The van der Waals surface area contributed by atoms with Crippen LogP contribution in [0.25, 0.3) is 11.0 Å². The number of amides is 1. The van der Waals surface area contributed by atoms with Gasteiger partial charge in [-0.2, -0.15) is 9.97 Å². The Morgan fingerprint density at radius 2 is 1.90 bits per heavy atom. The van der Waals surface area contributed by atoms with Gasteiger partial charge in [0, 0.05) is 37.4 Å². The van der Waals surface area contributed by atoms with E-state index in [1.165, 1.54) is 19.7 Å². The van der Waals surface area contributed by atoms with Gasteiger partial charge in [0.2, 0.25) is 21.9 Å². The van der Waals surface area contributed by atoms with E-state index in [0.29, 0.717) is 47.1 Å². The van der Waals surface area contributed by atoms with E-state index in [1.54, 1.807) is 48.5 Å². The molecule has 220 valence electrons. The number of nitrogens with one attached hydrogen (secondary N) is 1. The number of rotatable bonds is 9. The van der Waals surface area contributed by atoms with Crippen molar-refractivity contribution in [1.29, 1.82) is 0 Å². The van der Waals surface area contributed by atoms with Crippen LogP contribution in [0.4, 0.5) is 11.6 Å². The Hall–Kier alpha value is -4.16. The first-order chi connectivity index (χ1) is 20.4. The van der Waals surface area contributed by atoms with Gasteiger partial charge in [-0.1, -0.05) is 30.3 Å². The van der Waals surface area contributed by atoms with Gasteiger partial charge in [-0.25, -0.2) is 12.4 Å². The van der Waals surface area contributed by atoms with Crippen molar-refractivity contribution >= 4 is 38.6 Å². The van der Waals surface area contributed by atoms with Crippen LogP contribution in [0.2, 0.25) is 0 Å². The number of carbonyl (C=O) groups is 1. The number of aromatic nitrogens is 3. The molecule has 2 fully saturated rings. The highest BCUT2D eigenvalue weighted by Crippen LogP contribution is 2.32. The van der Waals surface area contributed by atoms with Gasteiger partial charge in [-0.05, 0) is 56.1 Å². The monoisotopic (exact) mass is 590 g/mol. The van der Waals surface area contributed by atoms with Gasteiger partial charge in [0.15, 0.2) is 5.65 Å². The number of fused-ring (bicyclic) bond motifs is 2. The third kappa shape index (κ3) is 5.51. The van der Waals surface area contributed by atoms with Gasteiger partial charge in [0.1, 0.15) is 5.75 Å². The lowest BCUT2D eigenvalue weighted by Gasteiger charge is -2.37. The molecule has 11 nitrogen and oxygen atoms in total. The summed E-state index contributed by atoms with van der Waals surface area (Å²) in [5.74, 6) is 0.622. The zero-order valence-corrected chi connectivity index (χ0v) is 24.5. The number of hydrogen-bond acceptors (Lipinski definition) is 9. The van der Waals surface area contributed by atoms with Crippen LogP contribution in [-0.2, 0) is 15.8 Å². The molecule has 2 saturated heterocycles. The number of benzene rings is 2. The standard InChI is InChI=1S/C30H34N6O5S/c1-3-41-28-24-13-15-36(42(38,39)20-21-8-5-4-6-9-21)27(24)32-30(33-28)31-25-12-11-22(18-26(25)40-2)29(37)35-17-16-34-14-7-10-23(34)19-35/h4-6,8-9,11-13,15,18,23H,3,7,10,14,16-17,19-20H2,1-2H3,(H,31,32,33)/t23-/m1/s1. The van der Waals surface area contributed by atoms with E-state index in [1.807, 2.05) is 17.9 Å². The lowest BCUT2D eigenvalue weighted by atomic mass is 10.1. The van der Waals surface area contributed by atoms with Crippen molar-refractivity contribution in [2.45, 2.75) is 31.6 Å². The smallest absolute Gasteiger partial charge is 0.254 e. The minimum absolute atomic E-state index is 0.0239. The van der Waals surface area contributed by atoms with Crippen molar-refractivity contribution in [2.75, 3.05) is 45.2 Å². The highest BCUT2D eigenvalue weighted by atomic mass is 32.2. The van der Waals surface area contributed by atoms with Gasteiger partial charge in [0.05, 0.1) is 30.5 Å². The predicted octanol–water partition coefficient (Wildman–Crippen LogP) is 3.88. The van der Waals surface area contributed by atoms with Crippen LogP contribution in [0.15, 0.2) is 60.8 Å². The van der Waals surface area contributed by atoms with Crippen molar-refractivity contribution in [3.05, 3.63) is 71.9 Å². The molecule has 2 aromatic carbocycles. The molecule has 2 aliphatic heterocycles. The van der Waals surface area contributed by atoms with Crippen molar-refractivity contribution in [3.63, 3.8) is 0 Å². The second-order valence-corrected chi connectivity index (χ2v) is 12.3. The highest BCUT2D eigenvalue weighted by Gasteiger charge is 2.33. The fraction of sp³-hybridized carbons (Fsp3) is 0.367. The van der Waals surface area contributed by atoms with Crippen LogP contribution in [0.1, 0.15) is 35.7 Å². The zero-order valence-electron chi connectivity index (χ0n) is 23.7. The summed E-state index contributed by atoms with van der Waals surface area (Å²) >= 11 is 0. The summed E-state index contributed by atoms with van der Waals surface area (Å²) in [5, 5.41) is 3.62. The van der Waals surface area contributed by atoms with Crippen LogP contribution in [-0.4, -0.2) is 84.0 Å². The molecule has 0 aliphatic carbocycles. The SMILES string of the molecule is CCOc1nc(Nc2ccc(C(=O)N3CCN4CCC[C@@H]4C3)cc2OC)nc2c1ccn2S(=O)(=O)Cc1ccccc1. The lowest BCUT2D eigenvalue weighted by Crippen LogP contribution is -2.52. The zero-order chi connectivity index (χ0) is 29.3. The number of piperazine rings is 1. The van der Waals surface area contributed by atoms with Crippen molar-refractivity contribution < 1.29 is 22.7 Å². The summed E-state index contributed by atoms with van der Waals surface area (Å²) in [6.45, 7) is 5.63. The number of anilines is 2. The Morgan fingerprint density at radius 1 is 1.07 bits per heavy atom. The van der Waals surface area contributed by atoms with E-state index in [2.05, 4.69) is 20.2 Å². The molecule has 2 aliphatic rings. The molecule has 1 atom stereocenters. The van der Waals surface area contributed by atoms with Gasteiger partial charge < -0.3 is 19.7 Å². The van der Waals surface area contributed by atoms with E-state index in [4.69, 9.17) is 9.47 Å². The maximum absolute atomic E-state index is 13.4. The Balaban J connectivity index is 1.29. The maximum atomic E-state index is 13.4. The minimum atomic E-state index is -3.79. The molecule has 0 unspecified atom stereocenters. The summed E-state index contributed by atoms with van der Waals surface area (Å²) < 4.78 is 39.3. The second-order valence-electron chi connectivity index (χ2n) is 10.5. The number of ether oxygens (including phenoxy) is 2. The molecule has 0 saturated carbocycles. The number of nitrogens with zero attached hydrogens (tertiary/aromatic N) is 5. The Labute approximate surface area is 245 Å². The van der Waals surface area contributed by atoms with Gasteiger partial charge in [-0.3, -0.25) is 9.69 Å². The fourth-order valence-corrected chi connectivity index (χ4v) is 7.15. The molecule has 0 spiro atoms. The van der Waals surface area contributed by atoms with Crippen LogP contribution in [0.3, 0.4) is 0 Å².